The van der Waals surface area contributed by atoms with E-state index < -0.39 is 0 Å². The normalized spacial score (nSPS) is 10.8. The summed E-state index contributed by atoms with van der Waals surface area (Å²) in [6.07, 6.45) is 3.31. The molecule has 0 N–H and O–H groups in total. The van der Waals surface area contributed by atoms with Crippen LogP contribution >= 0.6 is 15.9 Å². The fourth-order valence-electron chi connectivity index (χ4n) is 1.67. The number of para-hydroxylation sites is 1. The van der Waals surface area contributed by atoms with E-state index in [1.54, 1.807) is 0 Å². The van der Waals surface area contributed by atoms with E-state index in [9.17, 15) is 0 Å². The van der Waals surface area contributed by atoms with E-state index in [1.165, 1.54) is 12.0 Å². The predicted octanol–water partition coefficient (Wildman–Crippen LogP) is 3.34. The minimum Gasteiger partial charge on any atom is -0.493 e. The van der Waals surface area contributed by atoms with Gasteiger partial charge in [0.05, 0.1) is 6.61 Å². The van der Waals surface area contributed by atoms with E-state index in [-0.39, 0.29) is 0 Å². The van der Waals surface area contributed by atoms with Gasteiger partial charge in [0.25, 0.3) is 0 Å². The van der Waals surface area contributed by atoms with Gasteiger partial charge in [0.2, 0.25) is 0 Å². The van der Waals surface area contributed by atoms with Gasteiger partial charge >= 0.3 is 0 Å². The Morgan fingerprint density at radius 2 is 1.94 bits per heavy atom. The molecule has 3 heteroatoms. The largest absolute Gasteiger partial charge is 0.493 e. The van der Waals surface area contributed by atoms with Gasteiger partial charge in [-0.2, -0.15) is 0 Å². The third-order valence-corrected chi connectivity index (χ3v) is 3.12. The summed E-state index contributed by atoms with van der Waals surface area (Å²) in [4.78, 5) is 2.22. The van der Waals surface area contributed by atoms with E-state index in [4.69, 9.17) is 4.74 Å². The molecule has 1 rings (SSSR count). The first-order valence-electron chi connectivity index (χ1n) is 6.15. The number of aryl methyl sites for hydroxylation is 1. The Balaban J connectivity index is 2.46. The van der Waals surface area contributed by atoms with Crippen molar-refractivity contribution in [1.82, 2.24) is 4.90 Å². The highest BCUT2D eigenvalue weighted by Crippen LogP contribution is 2.19. The average molecular weight is 300 g/mol. The molecule has 0 radical (unpaired) electrons. The second kappa shape index (κ2) is 8.54. The summed E-state index contributed by atoms with van der Waals surface area (Å²) in [5.74, 6) is 1.05. The van der Waals surface area contributed by atoms with Crippen molar-refractivity contribution in [2.45, 2.75) is 19.3 Å². The molecule has 0 aliphatic rings. The third-order valence-electron chi connectivity index (χ3n) is 2.56. The van der Waals surface area contributed by atoms with Crippen LogP contribution in [-0.2, 0) is 6.42 Å². The average Bonchev–Trinajstić information content (AvgIpc) is 2.31. The summed E-state index contributed by atoms with van der Waals surface area (Å²) in [5, 5.41) is 0.996. The van der Waals surface area contributed by atoms with Crippen LogP contribution < -0.4 is 4.74 Å². The summed E-state index contributed by atoms with van der Waals surface area (Å²) in [6, 6.07) is 8.36. The molecule has 0 unspecified atom stereocenters. The van der Waals surface area contributed by atoms with Crippen molar-refractivity contribution in [2.75, 3.05) is 32.6 Å². The Morgan fingerprint density at radius 1 is 1.18 bits per heavy atom. The zero-order valence-electron chi connectivity index (χ0n) is 10.8. The number of nitrogens with zero attached hydrogens (tertiary/aromatic N) is 1. The Morgan fingerprint density at radius 3 is 2.65 bits per heavy atom. The van der Waals surface area contributed by atoms with Gasteiger partial charge in [-0.25, -0.2) is 0 Å². The Bertz CT molecular complexity index is 315. The number of ether oxygens (including phenoxy) is 1. The van der Waals surface area contributed by atoms with Gasteiger partial charge < -0.3 is 9.64 Å². The van der Waals surface area contributed by atoms with Crippen LogP contribution in [0.5, 0.6) is 5.75 Å². The molecule has 17 heavy (non-hydrogen) atoms. The first kappa shape index (κ1) is 14.5. The summed E-state index contributed by atoms with van der Waals surface area (Å²) in [7, 11) is 4.22. The second-order valence-electron chi connectivity index (χ2n) is 4.41. The first-order chi connectivity index (χ1) is 8.24. The van der Waals surface area contributed by atoms with Crippen molar-refractivity contribution in [2.24, 2.45) is 0 Å². The van der Waals surface area contributed by atoms with Gasteiger partial charge in [0.15, 0.2) is 0 Å². The summed E-state index contributed by atoms with van der Waals surface area (Å²) >= 11 is 3.41. The lowest BCUT2D eigenvalue weighted by Crippen LogP contribution is -2.13. The molecule has 0 bridgehead atoms. The second-order valence-corrected chi connectivity index (χ2v) is 5.20. The molecule has 1 aromatic carbocycles. The lowest BCUT2D eigenvalue weighted by Gasteiger charge is -2.12. The van der Waals surface area contributed by atoms with Crippen molar-refractivity contribution in [3.05, 3.63) is 29.8 Å². The lowest BCUT2D eigenvalue weighted by molar-refractivity contribution is 0.314. The molecular weight excluding hydrogens is 278 g/mol. The van der Waals surface area contributed by atoms with Crippen LogP contribution in [0.2, 0.25) is 0 Å². The van der Waals surface area contributed by atoms with Crippen LogP contribution in [0.1, 0.15) is 18.4 Å². The SMILES string of the molecule is CN(C)CCCc1ccccc1OCCCBr. The predicted molar refractivity (Wildman–Crippen MR) is 77.2 cm³/mol. The molecule has 0 aliphatic heterocycles. The van der Waals surface area contributed by atoms with Gasteiger partial charge in [0.1, 0.15) is 5.75 Å². The van der Waals surface area contributed by atoms with Crippen molar-refractivity contribution < 1.29 is 4.74 Å². The number of hydrogen-bond donors (Lipinski definition) is 0. The van der Waals surface area contributed by atoms with Gasteiger partial charge in [-0.05, 0) is 51.5 Å². The van der Waals surface area contributed by atoms with Gasteiger partial charge in [-0.15, -0.1) is 0 Å². The fourth-order valence-corrected chi connectivity index (χ4v) is 1.90. The number of rotatable bonds is 8. The fraction of sp³-hybridized carbons (Fsp3) is 0.571. The molecule has 0 heterocycles. The highest BCUT2D eigenvalue weighted by Gasteiger charge is 2.02. The minimum absolute atomic E-state index is 0.788. The monoisotopic (exact) mass is 299 g/mol. The number of hydrogen-bond acceptors (Lipinski definition) is 2. The van der Waals surface area contributed by atoms with Gasteiger partial charge in [-0.3, -0.25) is 0 Å². The van der Waals surface area contributed by atoms with Gasteiger partial charge in [-0.1, -0.05) is 34.1 Å². The summed E-state index contributed by atoms with van der Waals surface area (Å²) < 4.78 is 5.79. The van der Waals surface area contributed by atoms with E-state index in [0.29, 0.717) is 0 Å². The molecule has 0 aliphatic carbocycles. The smallest absolute Gasteiger partial charge is 0.122 e. The molecular formula is C14H22BrNO. The number of alkyl halides is 1. The molecule has 0 saturated carbocycles. The number of benzene rings is 1. The molecule has 0 spiro atoms. The highest BCUT2D eigenvalue weighted by atomic mass is 79.9. The van der Waals surface area contributed by atoms with Crippen LogP contribution in [-0.4, -0.2) is 37.5 Å². The molecule has 2 nitrogen and oxygen atoms in total. The molecule has 0 atom stereocenters. The Hall–Kier alpha value is -0.540. The van der Waals surface area contributed by atoms with Crippen LogP contribution in [0.4, 0.5) is 0 Å². The van der Waals surface area contributed by atoms with Crippen LogP contribution in [0.25, 0.3) is 0 Å². The maximum absolute atomic E-state index is 5.79. The highest BCUT2D eigenvalue weighted by molar-refractivity contribution is 9.09. The summed E-state index contributed by atoms with van der Waals surface area (Å²) in [6.45, 7) is 1.91. The molecule has 96 valence electrons. The molecule has 1 aromatic rings. The summed E-state index contributed by atoms with van der Waals surface area (Å²) in [5.41, 5.74) is 1.32. The van der Waals surface area contributed by atoms with Crippen molar-refractivity contribution in [3.8, 4) is 5.75 Å². The maximum Gasteiger partial charge on any atom is 0.122 e. The quantitative estimate of drug-likeness (QED) is 0.539. The molecule has 0 saturated heterocycles. The van der Waals surface area contributed by atoms with Crippen LogP contribution in [0.3, 0.4) is 0 Å². The van der Waals surface area contributed by atoms with Crippen LogP contribution in [0, 0.1) is 0 Å². The van der Waals surface area contributed by atoms with Crippen molar-refractivity contribution in [1.29, 1.82) is 0 Å². The Labute approximate surface area is 113 Å². The number of halogens is 1. The zero-order valence-corrected chi connectivity index (χ0v) is 12.4. The topological polar surface area (TPSA) is 12.5 Å². The van der Waals surface area contributed by atoms with Crippen LogP contribution in [0.15, 0.2) is 24.3 Å². The maximum atomic E-state index is 5.79. The molecule has 0 amide bonds. The van der Waals surface area contributed by atoms with E-state index >= 15 is 0 Å². The Kier molecular flexibility index (Phi) is 7.29. The third kappa shape index (κ3) is 6.08. The standard InChI is InChI=1S/C14H22BrNO/c1-16(2)11-5-8-13-7-3-4-9-14(13)17-12-6-10-15/h3-4,7,9H,5-6,8,10-12H2,1-2H3. The molecule has 0 aromatic heterocycles. The zero-order chi connectivity index (χ0) is 12.5. The van der Waals surface area contributed by atoms with Crippen molar-refractivity contribution in [3.63, 3.8) is 0 Å². The lowest BCUT2D eigenvalue weighted by atomic mass is 10.1. The van der Waals surface area contributed by atoms with E-state index in [2.05, 4.69) is 53.1 Å². The van der Waals surface area contributed by atoms with Crippen molar-refractivity contribution >= 4 is 15.9 Å². The van der Waals surface area contributed by atoms with Gasteiger partial charge in [0, 0.05) is 5.33 Å². The van der Waals surface area contributed by atoms with E-state index in [1.807, 2.05) is 6.07 Å². The minimum atomic E-state index is 0.788. The molecule has 0 fully saturated rings. The first-order valence-corrected chi connectivity index (χ1v) is 7.27. The van der Waals surface area contributed by atoms with E-state index in [0.717, 1.165) is 37.1 Å².